The number of anilines is 1. The van der Waals surface area contributed by atoms with Crippen molar-refractivity contribution in [1.29, 1.82) is 0 Å². The second-order valence-corrected chi connectivity index (χ2v) is 7.66. The lowest BCUT2D eigenvalue weighted by atomic mass is 9.97. The molecule has 4 rings (SSSR count). The second kappa shape index (κ2) is 9.25. The Kier molecular flexibility index (Phi) is 6.25. The topological polar surface area (TPSA) is 88.3 Å². The van der Waals surface area contributed by atoms with Gasteiger partial charge in [0.15, 0.2) is 11.6 Å². The van der Waals surface area contributed by atoms with E-state index < -0.39 is 11.6 Å². The third-order valence-corrected chi connectivity index (χ3v) is 5.39. The van der Waals surface area contributed by atoms with Crippen LogP contribution in [0.4, 0.5) is 14.5 Å². The Morgan fingerprint density at radius 1 is 1.19 bits per heavy atom. The summed E-state index contributed by atoms with van der Waals surface area (Å²) in [7, 11) is 0. The van der Waals surface area contributed by atoms with Crippen molar-refractivity contribution in [1.82, 2.24) is 15.0 Å². The molecule has 2 aromatic carbocycles. The maximum absolute atomic E-state index is 13.5. The lowest BCUT2D eigenvalue weighted by Crippen LogP contribution is -2.39. The highest BCUT2D eigenvalue weighted by molar-refractivity contribution is 5.94. The van der Waals surface area contributed by atoms with Crippen molar-refractivity contribution >= 4 is 17.5 Å². The van der Waals surface area contributed by atoms with E-state index in [4.69, 9.17) is 4.52 Å². The third-order valence-electron chi connectivity index (χ3n) is 5.39. The molecule has 1 N–H and O–H groups in total. The van der Waals surface area contributed by atoms with E-state index in [0.717, 1.165) is 25.0 Å². The van der Waals surface area contributed by atoms with Gasteiger partial charge in [-0.3, -0.25) is 9.59 Å². The molecule has 32 heavy (non-hydrogen) atoms. The summed E-state index contributed by atoms with van der Waals surface area (Å²) in [6.07, 6.45) is 1.85. The van der Waals surface area contributed by atoms with Gasteiger partial charge in [-0.25, -0.2) is 8.78 Å². The average molecular weight is 440 g/mol. The molecule has 2 amide bonds. The lowest BCUT2D eigenvalue weighted by molar-refractivity contribution is -0.115. The summed E-state index contributed by atoms with van der Waals surface area (Å²) in [6, 6.07) is 10.3. The number of hydrogen-bond acceptors (Lipinski definition) is 5. The number of piperidine rings is 1. The van der Waals surface area contributed by atoms with Gasteiger partial charge in [-0.05, 0) is 43.2 Å². The normalized spacial score (nSPS) is 16.1. The van der Waals surface area contributed by atoms with E-state index >= 15 is 0 Å². The van der Waals surface area contributed by atoms with E-state index in [2.05, 4.69) is 15.5 Å². The lowest BCUT2D eigenvalue weighted by Gasteiger charge is -2.31. The number of halogens is 2. The molecule has 166 valence electrons. The van der Waals surface area contributed by atoms with Crippen LogP contribution in [0.1, 0.15) is 48.4 Å². The highest BCUT2D eigenvalue weighted by Gasteiger charge is 2.29. The van der Waals surface area contributed by atoms with Gasteiger partial charge in [0.1, 0.15) is 0 Å². The second-order valence-electron chi connectivity index (χ2n) is 7.66. The molecule has 1 fully saturated rings. The summed E-state index contributed by atoms with van der Waals surface area (Å²) < 4.78 is 32.2. The number of benzene rings is 2. The van der Waals surface area contributed by atoms with Gasteiger partial charge < -0.3 is 14.7 Å². The molecule has 0 saturated carbocycles. The Labute approximate surface area is 183 Å². The summed E-state index contributed by atoms with van der Waals surface area (Å²) >= 11 is 0. The van der Waals surface area contributed by atoms with E-state index in [9.17, 15) is 18.4 Å². The largest absolute Gasteiger partial charge is 0.339 e. The molecule has 3 aromatic rings. The molecule has 1 aliphatic rings. The summed E-state index contributed by atoms with van der Waals surface area (Å²) in [5.74, 6) is -1.88. The third kappa shape index (κ3) is 4.66. The molecule has 7 nitrogen and oxygen atoms in total. The molecule has 0 aliphatic carbocycles. The average Bonchev–Trinajstić information content (AvgIpc) is 3.31. The first-order chi connectivity index (χ1) is 15.4. The first-order valence-corrected chi connectivity index (χ1v) is 10.4. The molecule has 1 aromatic heterocycles. The van der Waals surface area contributed by atoms with E-state index in [1.54, 1.807) is 30.0 Å². The molecular weight excluding hydrogens is 418 g/mol. The number of carbonyl (C=O) groups is 2. The van der Waals surface area contributed by atoms with Crippen molar-refractivity contribution in [2.45, 2.75) is 32.1 Å². The summed E-state index contributed by atoms with van der Waals surface area (Å²) in [6.45, 7) is 2.62. The SMILES string of the molecule is CCC(=O)Nc1cccc(-c2noc(C3CCCN(C(=O)c4ccc(F)c(F)c4)C3)n2)c1. The number of likely N-dealkylation sites (tertiary alicyclic amines) is 1. The molecule has 0 spiro atoms. The predicted octanol–water partition coefficient (Wildman–Crippen LogP) is 4.38. The van der Waals surface area contributed by atoms with Crippen molar-refractivity contribution in [2.24, 2.45) is 0 Å². The number of hydrogen-bond donors (Lipinski definition) is 1. The summed E-state index contributed by atoms with van der Waals surface area (Å²) in [5, 5.41) is 6.85. The van der Waals surface area contributed by atoms with Gasteiger partial charge >= 0.3 is 0 Å². The van der Waals surface area contributed by atoms with Crippen LogP contribution in [0.2, 0.25) is 0 Å². The molecule has 1 saturated heterocycles. The van der Waals surface area contributed by atoms with Crippen molar-refractivity contribution in [2.75, 3.05) is 18.4 Å². The Morgan fingerprint density at radius 3 is 2.81 bits per heavy atom. The van der Waals surface area contributed by atoms with Crippen molar-refractivity contribution in [3.8, 4) is 11.4 Å². The Morgan fingerprint density at radius 2 is 2.03 bits per heavy atom. The zero-order valence-corrected chi connectivity index (χ0v) is 17.5. The quantitative estimate of drug-likeness (QED) is 0.636. The van der Waals surface area contributed by atoms with Crippen LogP contribution in [0.25, 0.3) is 11.4 Å². The van der Waals surface area contributed by atoms with E-state index in [1.165, 1.54) is 6.07 Å². The van der Waals surface area contributed by atoms with Crippen LogP contribution in [0.15, 0.2) is 47.0 Å². The van der Waals surface area contributed by atoms with Crippen LogP contribution in [0.5, 0.6) is 0 Å². The maximum Gasteiger partial charge on any atom is 0.253 e. The number of amides is 2. The highest BCUT2D eigenvalue weighted by atomic mass is 19.2. The van der Waals surface area contributed by atoms with Gasteiger partial charge in [-0.15, -0.1) is 0 Å². The zero-order valence-electron chi connectivity index (χ0n) is 17.5. The van der Waals surface area contributed by atoms with Crippen molar-refractivity contribution in [3.63, 3.8) is 0 Å². The first-order valence-electron chi connectivity index (χ1n) is 10.4. The standard InChI is InChI=1S/C23H22F2N4O3/c1-2-20(30)26-17-7-3-5-14(11-17)21-27-22(32-28-21)16-6-4-10-29(13-16)23(31)15-8-9-18(24)19(25)12-15/h3,5,7-9,11-12,16H,2,4,6,10,13H2,1H3,(H,26,30). The number of carbonyl (C=O) groups excluding carboxylic acids is 2. The molecule has 0 radical (unpaired) electrons. The molecule has 1 atom stereocenters. The van der Waals surface area contributed by atoms with Gasteiger partial charge in [0.25, 0.3) is 5.91 Å². The number of nitrogens with one attached hydrogen (secondary N) is 1. The molecule has 1 unspecified atom stereocenters. The van der Waals surface area contributed by atoms with Crippen LogP contribution < -0.4 is 5.32 Å². The minimum Gasteiger partial charge on any atom is -0.339 e. The molecule has 2 heterocycles. The summed E-state index contributed by atoms with van der Waals surface area (Å²) in [5.41, 5.74) is 1.43. The minimum absolute atomic E-state index is 0.0936. The van der Waals surface area contributed by atoms with E-state index in [1.807, 2.05) is 6.07 Å². The van der Waals surface area contributed by atoms with Crippen LogP contribution >= 0.6 is 0 Å². The van der Waals surface area contributed by atoms with E-state index in [0.29, 0.717) is 42.5 Å². The molecule has 1 aliphatic heterocycles. The van der Waals surface area contributed by atoms with Gasteiger partial charge in [-0.1, -0.05) is 24.2 Å². The van der Waals surface area contributed by atoms with Gasteiger partial charge in [0.05, 0.1) is 5.92 Å². The fraction of sp³-hybridized carbons (Fsp3) is 0.304. The van der Waals surface area contributed by atoms with Crippen molar-refractivity contribution in [3.05, 3.63) is 65.6 Å². The maximum atomic E-state index is 13.5. The van der Waals surface area contributed by atoms with Gasteiger partial charge in [0, 0.05) is 36.3 Å². The van der Waals surface area contributed by atoms with Gasteiger partial charge in [0.2, 0.25) is 17.6 Å². The number of nitrogens with zero attached hydrogens (tertiary/aromatic N) is 3. The molecule has 9 heteroatoms. The smallest absolute Gasteiger partial charge is 0.253 e. The monoisotopic (exact) mass is 440 g/mol. The summed E-state index contributed by atoms with van der Waals surface area (Å²) in [4.78, 5) is 30.5. The number of rotatable bonds is 5. The molecule has 0 bridgehead atoms. The fourth-order valence-corrected chi connectivity index (χ4v) is 3.68. The Hall–Kier alpha value is -3.62. The molecular formula is C23H22F2N4O3. The van der Waals surface area contributed by atoms with Crippen LogP contribution in [0.3, 0.4) is 0 Å². The van der Waals surface area contributed by atoms with Crippen LogP contribution in [-0.2, 0) is 4.79 Å². The first kappa shape index (κ1) is 21.6. The van der Waals surface area contributed by atoms with Crippen molar-refractivity contribution < 1.29 is 22.9 Å². The van der Waals surface area contributed by atoms with E-state index in [-0.39, 0.29) is 23.3 Å². The van der Waals surface area contributed by atoms with Gasteiger partial charge in [-0.2, -0.15) is 4.98 Å². The Bertz CT molecular complexity index is 1150. The number of aromatic nitrogens is 2. The zero-order chi connectivity index (χ0) is 22.7. The highest BCUT2D eigenvalue weighted by Crippen LogP contribution is 2.29. The van der Waals surface area contributed by atoms with Crippen LogP contribution in [-0.4, -0.2) is 39.9 Å². The van der Waals surface area contributed by atoms with Crippen LogP contribution in [0, 0.1) is 11.6 Å². The predicted molar refractivity (Wildman–Crippen MR) is 113 cm³/mol. The Balaban J connectivity index is 1.48. The fourth-order valence-electron chi connectivity index (χ4n) is 3.68. The minimum atomic E-state index is -1.05.